The minimum atomic E-state index is 0.0509. The molecular formula is C12H11Br5O. The monoisotopic (exact) mass is 566 g/mol. The summed E-state index contributed by atoms with van der Waals surface area (Å²) in [5.74, 6) is 0.892. The molecule has 0 amide bonds. The molecule has 0 radical (unpaired) electrons. The molecule has 100 valence electrons. The molecule has 18 heavy (non-hydrogen) atoms. The van der Waals surface area contributed by atoms with Crippen LogP contribution in [0.2, 0.25) is 0 Å². The van der Waals surface area contributed by atoms with Crippen molar-refractivity contribution in [3.8, 4) is 5.75 Å². The van der Waals surface area contributed by atoms with Crippen LogP contribution in [0.1, 0.15) is 0 Å². The molecule has 0 aromatic heterocycles. The van der Waals surface area contributed by atoms with E-state index in [0.29, 0.717) is 14.5 Å². The molecule has 1 saturated carbocycles. The van der Waals surface area contributed by atoms with Gasteiger partial charge in [-0.15, -0.1) is 0 Å². The van der Waals surface area contributed by atoms with E-state index in [1.165, 1.54) is 0 Å². The van der Waals surface area contributed by atoms with Crippen molar-refractivity contribution >= 4 is 79.6 Å². The molecule has 2 rings (SSSR count). The summed E-state index contributed by atoms with van der Waals surface area (Å²) < 4.78 is 6.09. The maximum absolute atomic E-state index is 6.09. The second-order valence-corrected chi connectivity index (χ2v) is 9.40. The van der Waals surface area contributed by atoms with Crippen LogP contribution in [-0.4, -0.2) is 30.2 Å². The van der Waals surface area contributed by atoms with E-state index in [2.05, 4.69) is 79.6 Å². The Bertz CT molecular complexity index is 371. The van der Waals surface area contributed by atoms with Crippen LogP contribution in [0.5, 0.6) is 5.75 Å². The normalized spacial score (nSPS) is 40.5. The number of rotatable bonds is 2. The minimum Gasteiger partial charge on any atom is -0.488 e. The second kappa shape index (κ2) is 6.92. The minimum absolute atomic E-state index is 0.0509. The van der Waals surface area contributed by atoms with Crippen LogP contribution in [0.3, 0.4) is 0 Å². The van der Waals surface area contributed by atoms with E-state index in [1.54, 1.807) is 0 Å². The fourth-order valence-corrected chi connectivity index (χ4v) is 6.94. The molecule has 0 saturated heterocycles. The predicted octanol–water partition coefficient (Wildman–Crippen LogP) is 5.27. The Morgan fingerprint density at radius 2 is 1.11 bits per heavy atom. The highest BCUT2D eigenvalue weighted by Crippen LogP contribution is 2.42. The number of hydrogen-bond acceptors (Lipinski definition) is 1. The Hall–Kier alpha value is 1.42. The maximum Gasteiger partial charge on any atom is 0.126 e. The van der Waals surface area contributed by atoms with Crippen molar-refractivity contribution < 1.29 is 4.74 Å². The fourth-order valence-electron chi connectivity index (χ4n) is 1.85. The SMILES string of the molecule is BrC1C(Br)C(Br)C(Oc2ccccc2)C(Br)C1Br. The maximum atomic E-state index is 6.09. The second-order valence-electron chi connectivity index (χ2n) is 4.12. The van der Waals surface area contributed by atoms with Gasteiger partial charge in [0.2, 0.25) is 0 Å². The molecule has 6 heteroatoms. The topological polar surface area (TPSA) is 9.23 Å². The van der Waals surface area contributed by atoms with Crippen molar-refractivity contribution in [2.75, 3.05) is 0 Å². The van der Waals surface area contributed by atoms with Gasteiger partial charge < -0.3 is 4.74 Å². The molecule has 1 aliphatic carbocycles. The van der Waals surface area contributed by atoms with Gasteiger partial charge in [0, 0.05) is 14.5 Å². The summed E-state index contributed by atoms with van der Waals surface area (Å²) in [5, 5.41) is 0. The van der Waals surface area contributed by atoms with Gasteiger partial charge in [0.25, 0.3) is 0 Å². The van der Waals surface area contributed by atoms with Crippen molar-refractivity contribution in [3.63, 3.8) is 0 Å². The first-order chi connectivity index (χ1) is 8.52. The van der Waals surface area contributed by atoms with E-state index in [9.17, 15) is 0 Å². The van der Waals surface area contributed by atoms with Crippen LogP contribution < -0.4 is 4.74 Å². The molecule has 0 bridgehead atoms. The van der Waals surface area contributed by atoms with Crippen molar-refractivity contribution in [1.29, 1.82) is 0 Å². The van der Waals surface area contributed by atoms with Gasteiger partial charge in [-0.25, -0.2) is 0 Å². The van der Waals surface area contributed by atoms with Gasteiger partial charge in [0.05, 0.1) is 9.65 Å². The Labute approximate surface area is 149 Å². The highest BCUT2D eigenvalue weighted by atomic mass is 79.9. The number of halogens is 5. The molecule has 4 unspecified atom stereocenters. The zero-order valence-electron chi connectivity index (χ0n) is 9.15. The van der Waals surface area contributed by atoms with Crippen molar-refractivity contribution in [2.45, 2.75) is 30.2 Å². The molecular weight excluding hydrogens is 560 g/mol. The average Bonchev–Trinajstić information content (AvgIpc) is 2.40. The Balaban J connectivity index is 2.16. The lowest BCUT2D eigenvalue weighted by molar-refractivity contribution is 0.182. The molecule has 1 fully saturated rings. The third-order valence-electron chi connectivity index (χ3n) is 2.86. The lowest BCUT2D eigenvalue weighted by atomic mass is 9.97. The lowest BCUT2D eigenvalue weighted by Gasteiger charge is -2.41. The van der Waals surface area contributed by atoms with E-state index in [0.717, 1.165) is 5.75 Å². The first-order valence-corrected chi connectivity index (χ1v) is 10.0. The molecule has 4 atom stereocenters. The number of ether oxygens (including phenoxy) is 1. The molecule has 1 aromatic carbocycles. The van der Waals surface area contributed by atoms with Gasteiger partial charge in [-0.05, 0) is 12.1 Å². The summed E-state index contributed by atoms with van der Waals surface area (Å²) >= 11 is 18.6. The molecule has 0 aliphatic heterocycles. The molecule has 0 N–H and O–H groups in total. The van der Waals surface area contributed by atoms with E-state index >= 15 is 0 Å². The largest absolute Gasteiger partial charge is 0.488 e. The van der Waals surface area contributed by atoms with Crippen LogP contribution in [0.4, 0.5) is 0 Å². The van der Waals surface area contributed by atoms with Gasteiger partial charge >= 0.3 is 0 Å². The van der Waals surface area contributed by atoms with E-state index in [4.69, 9.17) is 4.74 Å². The molecule has 1 nitrogen and oxygen atoms in total. The lowest BCUT2D eigenvalue weighted by Crippen LogP contribution is -2.55. The zero-order valence-corrected chi connectivity index (χ0v) is 17.1. The van der Waals surface area contributed by atoms with Crippen LogP contribution >= 0.6 is 79.6 Å². The average molecular weight is 571 g/mol. The number of hydrogen-bond donors (Lipinski definition) is 0. The van der Waals surface area contributed by atoms with Crippen LogP contribution in [0.25, 0.3) is 0 Å². The standard InChI is InChI=1S/C12H11Br5O/c13-7-8(14)10(16)12(11(17)9(7)15)18-6-4-2-1-3-5-6/h1-5,7-12H. The first kappa shape index (κ1) is 15.8. The molecule has 1 aliphatic rings. The quantitative estimate of drug-likeness (QED) is 0.441. The first-order valence-electron chi connectivity index (χ1n) is 5.44. The summed E-state index contributed by atoms with van der Waals surface area (Å²) in [6, 6.07) is 9.91. The van der Waals surface area contributed by atoms with Gasteiger partial charge in [0.15, 0.2) is 0 Å². The molecule has 1 aromatic rings. The highest BCUT2D eigenvalue weighted by Gasteiger charge is 2.47. The smallest absolute Gasteiger partial charge is 0.126 e. The van der Waals surface area contributed by atoms with Crippen LogP contribution in [-0.2, 0) is 0 Å². The summed E-state index contributed by atoms with van der Waals surface area (Å²) in [6.07, 6.45) is 0.0509. The Kier molecular flexibility index (Phi) is 6.08. The summed E-state index contributed by atoms with van der Waals surface area (Å²) in [4.78, 5) is 1.37. The van der Waals surface area contributed by atoms with Crippen LogP contribution in [0.15, 0.2) is 30.3 Å². The van der Waals surface area contributed by atoms with E-state index in [-0.39, 0.29) is 15.8 Å². The summed E-state index contributed by atoms with van der Waals surface area (Å²) in [7, 11) is 0. The predicted molar refractivity (Wildman–Crippen MR) is 94.4 cm³/mol. The Morgan fingerprint density at radius 3 is 1.61 bits per heavy atom. The van der Waals surface area contributed by atoms with Gasteiger partial charge in [-0.3, -0.25) is 0 Å². The number of para-hydroxylation sites is 1. The molecule has 0 spiro atoms. The number of alkyl halides is 5. The van der Waals surface area contributed by atoms with Crippen molar-refractivity contribution in [2.24, 2.45) is 0 Å². The van der Waals surface area contributed by atoms with E-state index < -0.39 is 0 Å². The summed E-state index contributed by atoms with van der Waals surface area (Å²) in [6.45, 7) is 0. The fraction of sp³-hybridized carbons (Fsp3) is 0.500. The third-order valence-corrected chi connectivity index (χ3v) is 11.3. The summed E-state index contributed by atoms with van der Waals surface area (Å²) in [5.41, 5.74) is 0. The zero-order chi connectivity index (χ0) is 13.3. The van der Waals surface area contributed by atoms with E-state index in [1.807, 2.05) is 30.3 Å². The molecule has 0 heterocycles. The van der Waals surface area contributed by atoms with Crippen molar-refractivity contribution in [1.82, 2.24) is 0 Å². The highest BCUT2D eigenvalue weighted by molar-refractivity contribution is 9.15. The Morgan fingerprint density at radius 1 is 0.667 bits per heavy atom. The van der Waals surface area contributed by atoms with Crippen LogP contribution in [0, 0.1) is 0 Å². The van der Waals surface area contributed by atoms with Gasteiger partial charge in [-0.1, -0.05) is 97.8 Å². The van der Waals surface area contributed by atoms with Crippen molar-refractivity contribution in [3.05, 3.63) is 30.3 Å². The van der Waals surface area contributed by atoms with Gasteiger partial charge in [-0.2, -0.15) is 0 Å². The number of benzene rings is 1. The van der Waals surface area contributed by atoms with Gasteiger partial charge in [0.1, 0.15) is 11.9 Å². The third kappa shape index (κ3) is 3.35.